The van der Waals surface area contributed by atoms with Crippen LogP contribution in [0.5, 0.6) is 0 Å². The lowest BCUT2D eigenvalue weighted by Gasteiger charge is -2.35. The lowest BCUT2D eigenvalue weighted by molar-refractivity contribution is 0.137. The molecule has 0 radical (unpaired) electrons. The summed E-state index contributed by atoms with van der Waals surface area (Å²) in [6.45, 7) is 7.60. The first-order chi connectivity index (χ1) is 8.03. The van der Waals surface area contributed by atoms with Crippen LogP contribution in [-0.2, 0) is 5.41 Å². The summed E-state index contributed by atoms with van der Waals surface area (Å²) in [7, 11) is 2.13. The second-order valence-corrected chi connectivity index (χ2v) is 5.26. The van der Waals surface area contributed by atoms with Gasteiger partial charge < -0.3 is 10.0 Å². The van der Waals surface area contributed by atoms with Crippen molar-refractivity contribution in [2.45, 2.75) is 38.6 Å². The third-order valence-corrected chi connectivity index (χ3v) is 3.76. The Morgan fingerprint density at radius 1 is 1.29 bits per heavy atom. The van der Waals surface area contributed by atoms with E-state index < -0.39 is 0 Å². The second kappa shape index (κ2) is 6.18. The van der Waals surface area contributed by atoms with E-state index in [0.29, 0.717) is 6.04 Å². The highest BCUT2D eigenvalue weighted by atomic mass is 16.3. The third-order valence-electron chi connectivity index (χ3n) is 3.76. The monoisotopic (exact) mass is 235 g/mol. The lowest BCUT2D eigenvalue weighted by atomic mass is 9.82. The van der Waals surface area contributed by atoms with Crippen molar-refractivity contribution in [1.82, 2.24) is 4.90 Å². The molecule has 0 fully saturated rings. The number of hydrogen-bond donors (Lipinski definition) is 1. The summed E-state index contributed by atoms with van der Waals surface area (Å²) in [4.78, 5) is 2.32. The van der Waals surface area contributed by atoms with Gasteiger partial charge in [0.15, 0.2) is 0 Å². The SMILES string of the molecule is CCC(C)N(C)CC(C)(CO)c1ccccc1. The maximum absolute atomic E-state index is 9.72. The highest BCUT2D eigenvalue weighted by Gasteiger charge is 2.28. The van der Waals surface area contributed by atoms with Crippen LogP contribution in [0.1, 0.15) is 32.8 Å². The van der Waals surface area contributed by atoms with Crippen molar-refractivity contribution >= 4 is 0 Å². The first kappa shape index (κ1) is 14.2. The molecule has 1 aromatic carbocycles. The van der Waals surface area contributed by atoms with Crippen LogP contribution in [0.2, 0.25) is 0 Å². The zero-order valence-corrected chi connectivity index (χ0v) is 11.5. The van der Waals surface area contributed by atoms with Crippen LogP contribution in [0.4, 0.5) is 0 Å². The Hall–Kier alpha value is -0.860. The van der Waals surface area contributed by atoms with Gasteiger partial charge in [-0.25, -0.2) is 0 Å². The van der Waals surface area contributed by atoms with E-state index in [1.807, 2.05) is 18.2 Å². The van der Waals surface area contributed by atoms with Crippen LogP contribution in [0.15, 0.2) is 30.3 Å². The molecule has 0 amide bonds. The molecule has 1 aromatic rings. The molecule has 0 spiro atoms. The van der Waals surface area contributed by atoms with E-state index in [0.717, 1.165) is 13.0 Å². The zero-order chi connectivity index (χ0) is 12.9. The van der Waals surface area contributed by atoms with Gasteiger partial charge >= 0.3 is 0 Å². The number of benzene rings is 1. The topological polar surface area (TPSA) is 23.5 Å². The van der Waals surface area contributed by atoms with Gasteiger partial charge in [0.1, 0.15) is 0 Å². The molecular weight excluding hydrogens is 210 g/mol. The van der Waals surface area contributed by atoms with Crippen LogP contribution in [0.3, 0.4) is 0 Å². The number of hydrogen-bond acceptors (Lipinski definition) is 2. The van der Waals surface area contributed by atoms with Crippen molar-refractivity contribution in [3.63, 3.8) is 0 Å². The average molecular weight is 235 g/mol. The highest BCUT2D eigenvalue weighted by Crippen LogP contribution is 2.24. The molecular formula is C15H25NO. The number of nitrogens with zero attached hydrogens (tertiary/aromatic N) is 1. The van der Waals surface area contributed by atoms with Gasteiger partial charge in [-0.05, 0) is 26.0 Å². The largest absolute Gasteiger partial charge is 0.395 e. The van der Waals surface area contributed by atoms with Crippen molar-refractivity contribution in [1.29, 1.82) is 0 Å². The van der Waals surface area contributed by atoms with Crippen LogP contribution < -0.4 is 0 Å². The number of aliphatic hydroxyl groups excluding tert-OH is 1. The van der Waals surface area contributed by atoms with E-state index in [1.54, 1.807) is 0 Å². The van der Waals surface area contributed by atoms with Crippen molar-refractivity contribution in [2.24, 2.45) is 0 Å². The minimum atomic E-state index is -0.181. The molecule has 2 nitrogen and oxygen atoms in total. The summed E-state index contributed by atoms with van der Waals surface area (Å²) in [5.74, 6) is 0. The van der Waals surface area contributed by atoms with Crippen molar-refractivity contribution < 1.29 is 5.11 Å². The van der Waals surface area contributed by atoms with Gasteiger partial charge in [-0.2, -0.15) is 0 Å². The summed E-state index contributed by atoms with van der Waals surface area (Å²) in [5, 5.41) is 9.72. The fourth-order valence-electron chi connectivity index (χ4n) is 2.09. The van der Waals surface area contributed by atoms with Crippen LogP contribution >= 0.6 is 0 Å². The first-order valence-electron chi connectivity index (χ1n) is 6.40. The molecule has 0 aromatic heterocycles. The fraction of sp³-hybridized carbons (Fsp3) is 0.600. The summed E-state index contributed by atoms with van der Waals surface area (Å²) in [6, 6.07) is 10.8. The van der Waals surface area contributed by atoms with E-state index in [1.165, 1.54) is 5.56 Å². The summed E-state index contributed by atoms with van der Waals surface area (Å²) in [6.07, 6.45) is 1.13. The van der Waals surface area contributed by atoms with Gasteiger partial charge in [0, 0.05) is 18.0 Å². The molecule has 0 heterocycles. The van der Waals surface area contributed by atoms with E-state index in [2.05, 4.69) is 44.9 Å². The normalized spacial score (nSPS) is 16.8. The summed E-state index contributed by atoms with van der Waals surface area (Å²) >= 11 is 0. The molecule has 1 rings (SSSR count). The smallest absolute Gasteiger partial charge is 0.0537 e. The van der Waals surface area contributed by atoms with E-state index in [-0.39, 0.29) is 12.0 Å². The van der Waals surface area contributed by atoms with Crippen LogP contribution in [-0.4, -0.2) is 36.2 Å². The van der Waals surface area contributed by atoms with Crippen molar-refractivity contribution in [2.75, 3.05) is 20.2 Å². The Bertz CT molecular complexity index is 325. The number of likely N-dealkylation sites (N-methyl/N-ethyl adjacent to an activating group) is 1. The Morgan fingerprint density at radius 2 is 1.88 bits per heavy atom. The van der Waals surface area contributed by atoms with Crippen LogP contribution in [0, 0.1) is 0 Å². The fourth-order valence-corrected chi connectivity index (χ4v) is 2.09. The molecule has 2 atom stereocenters. The molecule has 0 aliphatic rings. The molecule has 17 heavy (non-hydrogen) atoms. The number of aliphatic hydroxyl groups is 1. The minimum absolute atomic E-state index is 0.178. The molecule has 0 saturated carbocycles. The van der Waals surface area contributed by atoms with Gasteiger partial charge in [0.25, 0.3) is 0 Å². The van der Waals surface area contributed by atoms with E-state index >= 15 is 0 Å². The molecule has 1 N–H and O–H groups in total. The molecule has 0 aliphatic heterocycles. The van der Waals surface area contributed by atoms with Crippen LogP contribution in [0.25, 0.3) is 0 Å². The average Bonchev–Trinajstić information content (AvgIpc) is 2.38. The second-order valence-electron chi connectivity index (χ2n) is 5.26. The van der Waals surface area contributed by atoms with Gasteiger partial charge in [-0.1, -0.05) is 44.2 Å². The quantitative estimate of drug-likeness (QED) is 0.819. The van der Waals surface area contributed by atoms with E-state index in [4.69, 9.17) is 0 Å². The standard InChI is InChI=1S/C15H25NO/c1-5-13(2)16(4)11-15(3,12-17)14-9-7-6-8-10-14/h6-10,13,17H,5,11-12H2,1-4H3. The Morgan fingerprint density at radius 3 is 2.35 bits per heavy atom. The summed E-state index contributed by atoms with van der Waals surface area (Å²) in [5.41, 5.74) is 1.03. The Kier molecular flexibility index (Phi) is 5.16. The third kappa shape index (κ3) is 3.55. The maximum Gasteiger partial charge on any atom is 0.0537 e. The zero-order valence-electron chi connectivity index (χ0n) is 11.5. The van der Waals surface area contributed by atoms with Crippen molar-refractivity contribution in [3.8, 4) is 0 Å². The number of rotatable bonds is 6. The van der Waals surface area contributed by atoms with Gasteiger partial charge in [-0.3, -0.25) is 0 Å². The van der Waals surface area contributed by atoms with E-state index in [9.17, 15) is 5.11 Å². The highest BCUT2D eigenvalue weighted by molar-refractivity contribution is 5.25. The van der Waals surface area contributed by atoms with Crippen molar-refractivity contribution in [3.05, 3.63) is 35.9 Å². The van der Waals surface area contributed by atoms with Gasteiger partial charge in [0.2, 0.25) is 0 Å². The molecule has 96 valence electrons. The molecule has 0 saturated heterocycles. The molecule has 0 aliphatic carbocycles. The first-order valence-corrected chi connectivity index (χ1v) is 6.40. The summed E-state index contributed by atoms with van der Waals surface area (Å²) < 4.78 is 0. The predicted octanol–water partition coefficient (Wildman–Crippen LogP) is 2.67. The minimum Gasteiger partial charge on any atom is -0.395 e. The molecule has 0 bridgehead atoms. The predicted molar refractivity (Wildman–Crippen MR) is 73.3 cm³/mol. The Balaban J connectivity index is 2.83. The van der Waals surface area contributed by atoms with Gasteiger partial charge in [0.05, 0.1) is 6.61 Å². The Labute approximate surface area is 105 Å². The van der Waals surface area contributed by atoms with Gasteiger partial charge in [-0.15, -0.1) is 0 Å². The maximum atomic E-state index is 9.72. The molecule has 2 unspecified atom stereocenters. The molecule has 2 heteroatoms. The lowest BCUT2D eigenvalue weighted by Crippen LogP contribution is -2.43.